The van der Waals surface area contributed by atoms with Gasteiger partial charge in [0.1, 0.15) is 5.01 Å². The molecule has 0 N–H and O–H groups in total. The monoisotopic (exact) mass is 352 g/mol. The van der Waals surface area contributed by atoms with E-state index in [-0.39, 0.29) is 5.78 Å². The van der Waals surface area contributed by atoms with E-state index in [1.165, 1.54) is 11.3 Å². The van der Waals surface area contributed by atoms with Gasteiger partial charge in [-0.25, -0.2) is 4.98 Å². The third-order valence-electron chi connectivity index (χ3n) is 3.60. The fourth-order valence-corrected chi connectivity index (χ4v) is 3.36. The van der Waals surface area contributed by atoms with Crippen LogP contribution in [0.5, 0.6) is 0 Å². The number of benzene rings is 2. The molecule has 0 fully saturated rings. The number of aromatic nitrogens is 1. The van der Waals surface area contributed by atoms with Crippen LogP contribution in [0.4, 0.5) is 0 Å². The summed E-state index contributed by atoms with van der Waals surface area (Å²) >= 11 is 7.21. The Kier molecular flexibility index (Phi) is 4.75. The minimum Gasteiger partial charge on any atom is -0.292 e. The van der Waals surface area contributed by atoms with Gasteiger partial charge in [0.05, 0.1) is 11.8 Å². The number of carbonyl (C=O) groups excluding carboxylic acids is 1. The van der Waals surface area contributed by atoms with E-state index in [2.05, 4.69) is 11.1 Å². The molecule has 24 heavy (non-hydrogen) atoms. The van der Waals surface area contributed by atoms with Crippen molar-refractivity contribution in [3.63, 3.8) is 0 Å². The first-order valence-corrected chi connectivity index (χ1v) is 8.56. The van der Waals surface area contributed by atoms with Crippen LogP contribution in [0.2, 0.25) is 5.02 Å². The molecule has 5 heteroatoms. The number of halogens is 1. The average molecular weight is 353 g/mol. The Bertz CT molecular complexity index is 925. The number of rotatable bonds is 4. The molecule has 0 amide bonds. The van der Waals surface area contributed by atoms with Gasteiger partial charge < -0.3 is 0 Å². The topological polar surface area (TPSA) is 53.8 Å². The number of nitriles is 1. The first kappa shape index (κ1) is 16.4. The Morgan fingerprint density at radius 3 is 2.67 bits per heavy atom. The maximum atomic E-state index is 12.6. The third kappa shape index (κ3) is 3.38. The lowest BCUT2D eigenvalue weighted by Crippen LogP contribution is -2.11. The number of Topliss-reactive ketones (excluding diaryl/α,β-unsaturated/α-hetero) is 1. The lowest BCUT2D eigenvalue weighted by Gasteiger charge is -2.06. The molecular weight excluding hydrogens is 340 g/mol. The zero-order valence-corrected chi connectivity index (χ0v) is 14.4. The van der Waals surface area contributed by atoms with Gasteiger partial charge in [-0.3, -0.25) is 4.79 Å². The van der Waals surface area contributed by atoms with Crippen molar-refractivity contribution in [2.45, 2.75) is 12.8 Å². The van der Waals surface area contributed by atoms with Gasteiger partial charge in [-0.1, -0.05) is 47.5 Å². The van der Waals surface area contributed by atoms with E-state index < -0.39 is 5.92 Å². The largest absolute Gasteiger partial charge is 0.292 e. The van der Waals surface area contributed by atoms with E-state index in [4.69, 9.17) is 11.6 Å². The molecule has 0 bridgehead atoms. The fraction of sp³-hybridized carbons (Fsp3) is 0.105. The van der Waals surface area contributed by atoms with E-state index in [0.29, 0.717) is 15.6 Å². The molecule has 0 spiro atoms. The van der Waals surface area contributed by atoms with E-state index >= 15 is 0 Å². The molecule has 3 nitrogen and oxygen atoms in total. The van der Waals surface area contributed by atoms with Crippen LogP contribution in [0.25, 0.3) is 11.3 Å². The minimum absolute atomic E-state index is 0.224. The van der Waals surface area contributed by atoms with Gasteiger partial charge >= 0.3 is 0 Å². The molecule has 118 valence electrons. The van der Waals surface area contributed by atoms with E-state index in [1.807, 2.05) is 36.6 Å². The van der Waals surface area contributed by atoms with E-state index in [9.17, 15) is 10.1 Å². The van der Waals surface area contributed by atoms with Crippen LogP contribution < -0.4 is 0 Å². The smallest absolute Gasteiger partial charge is 0.186 e. The highest BCUT2D eigenvalue weighted by molar-refractivity contribution is 7.10. The van der Waals surface area contributed by atoms with E-state index in [1.54, 1.807) is 24.3 Å². The highest BCUT2D eigenvalue weighted by Crippen LogP contribution is 2.29. The zero-order chi connectivity index (χ0) is 17.1. The predicted molar refractivity (Wildman–Crippen MR) is 96.4 cm³/mol. The molecule has 1 heterocycles. The van der Waals surface area contributed by atoms with Gasteiger partial charge in [0.2, 0.25) is 0 Å². The fourth-order valence-electron chi connectivity index (χ4n) is 2.36. The lowest BCUT2D eigenvalue weighted by atomic mass is 9.98. The third-order valence-corrected chi connectivity index (χ3v) is 4.76. The SMILES string of the molecule is Cc1cccc(C(=O)C(C#N)c2nc(-c3ccc(Cl)cc3)cs2)c1. The van der Waals surface area contributed by atoms with Crippen LogP contribution in [0.15, 0.2) is 53.9 Å². The second kappa shape index (κ2) is 6.96. The first-order chi connectivity index (χ1) is 11.6. The normalized spacial score (nSPS) is 11.7. The van der Waals surface area contributed by atoms with Crippen LogP contribution in [0, 0.1) is 18.3 Å². The summed E-state index contributed by atoms with van der Waals surface area (Å²) in [7, 11) is 0. The molecule has 2 aromatic carbocycles. The molecule has 1 aromatic heterocycles. The Hall–Kier alpha value is -2.48. The quantitative estimate of drug-likeness (QED) is 0.601. The summed E-state index contributed by atoms with van der Waals surface area (Å²) in [6.07, 6.45) is 0. The van der Waals surface area contributed by atoms with Crippen LogP contribution >= 0.6 is 22.9 Å². The van der Waals surface area contributed by atoms with Crippen molar-refractivity contribution in [2.75, 3.05) is 0 Å². The van der Waals surface area contributed by atoms with E-state index in [0.717, 1.165) is 16.8 Å². The predicted octanol–water partition coefficient (Wildman–Crippen LogP) is 5.26. The highest BCUT2D eigenvalue weighted by atomic mass is 35.5. The zero-order valence-electron chi connectivity index (χ0n) is 12.9. The average Bonchev–Trinajstić information content (AvgIpc) is 3.06. The number of carbonyl (C=O) groups is 1. The molecule has 0 aliphatic carbocycles. The number of nitrogens with zero attached hydrogens (tertiary/aromatic N) is 2. The Labute approximate surface area is 149 Å². The maximum Gasteiger partial charge on any atom is 0.186 e. The van der Waals surface area contributed by atoms with Crippen molar-refractivity contribution in [2.24, 2.45) is 0 Å². The van der Waals surface area contributed by atoms with Crippen LogP contribution in [-0.2, 0) is 0 Å². The Morgan fingerprint density at radius 1 is 1.25 bits per heavy atom. The maximum absolute atomic E-state index is 12.6. The molecule has 0 saturated carbocycles. The van der Waals surface area contributed by atoms with Gasteiger partial charge in [-0.05, 0) is 25.1 Å². The summed E-state index contributed by atoms with van der Waals surface area (Å²) in [6, 6.07) is 16.6. The molecule has 1 unspecified atom stereocenters. The van der Waals surface area contributed by atoms with Gasteiger partial charge in [-0.15, -0.1) is 11.3 Å². The second-order valence-corrected chi connectivity index (χ2v) is 6.70. The number of hydrogen-bond donors (Lipinski definition) is 0. The van der Waals surface area contributed by atoms with Gasteiger partial charge in [0, 0.05) is 21.5 Å². The number of thiazole rings is 1. The van der Waals surface area contributed by atoms with Gasteiger partial charge in [0.25, 0.3) is 0 Å². The van der Waals surface area contributed by atoms with Crippen molar-refractivity contribution >= 4 is 28.7 Å². The first-order valence-electron chi connectivity index (χ1n) is 7.30. The summed E-state index contributed by atoms with van der Waals surface area (Å²) in [5.41, 5.74) is 3.16. The lowest BCUT2D eigenvalue weighted by molar-refractivity contribution is 0.0978. The van der Waals surface area contributed by atoms with Crippen molar-refractivity contribution in [1.29, 1.82) is 5.26 Å². The Balaban J connectivity index is 1.91. The van der Waals surface area contributed by atoms with Crippen molar-refractivity contribution < 1.29 is 4.79 Å². The van der Waals surface area contributed by atoms with Gasteiger partial charge in [0.15, 0.2) is 11.7 Å². The Morgan fingerprint density at radius 2 is 2.00 bits per heavy atom. The number of ketones is 1. The molecule has 1 atom stereocenters. The van der Waals surface area contributed by atoms with Crippen LogP contribution in [0.3, 0.4) is 0 Å². The van der Waals surface area contributed by atoms with Gasteiger partial charge in [-0.2, -0.15) is 5.26 Å². The highest BCUT2D eigenvalue weighted by Gasteiger charge is 2.25. The summed E-state index contributed by atoms with van der Waals surface area (Å²) in [6.45, 7) is 1.92. The van der Waals surface area contributed by atoms with Crippen LogP contribution in [-0.4, -0.2) is 10.8 Å². The van der Waals surface area contributed by atoms with Crippen molar-refractivity contribution in [3.05, 3.63) is 75.1 Å². The summed E-state index contributed by atoms with van der Waals surface area (Å²) in [5, 5.41) is 12.5. The molecule has 0 aliphatic heterocycles. The molecule has 3 rings (SSSR count). The van der Waals surface area contributed by atoms with Crippen molar-refractivity contribution in [3.8, 4) is 17.3 Å². The molecule has 0 radical (unpaired) electrons. The summed E-state index contributed by atoms with van der Waals surface area (Å²) in [5.74, 6) is -1.11. The summed E-state index contributed by atoms with van der Waals surface area (Å²) in [4.78, 5) is 17.1. The number of hydrogen-bond acceptors (Lipinski definition) is 4. The minimum atomic E-state index is -0.891. The summed E-state index contributed by atoms with van der Waals surface area (Å²) < 4.78 is 0. The van der Waals surface area contributed by atoms with Crippen molar-refractivity contribution in [1.82, 2.24) is 4.98 Å². The number of aryl methyl sites for hydroxylation is 1. The molecule has 0 aliphatic rings. The molecule has 3 aromatic rings. The molecule has 0 saturated heterocycles. The van der Waals surface area contributed by atoms with Crippen LogP contribution in [0.1, 0.15) is 26.8 Å². The molecular formula is C19H13ClN2OS. The standard InChI is InChI=1S/C19H13ClN2OS/c1-12-3-2-4-14(9-12)18(23)16(10-21)19-22-17(11-24-19)13-5-7-15(20)8-6-13/h2-9,11,16H,1H3. The second-order valence-electron chi connectivity index (χ2n) is 5.37.